The van der Waals surface area contributed by atoms with Crippen molar-refractivity contribution in [3.05, 3.63) is 17.2 Å². The van der Waals surface area contributed by atoms with Crippen LogP contribution in [-0.4, -0.2) is 59.8 Å². The van der Waals surface area contributed by atoms with Crippen molar-refractivity contribution in [2.75, 3.05) is 33.4 Å². The molecule has 1 aromatic rings. The summed E-state index contributed by atoms with van der Waals surface area (Å²) < 4.78 is 11.2. The Morgan fingerprint density at radius 2 is 2.36 bits per heavy atom. The summed E-state index contributed by atoms with van der Waals surface area (Å²) in [5.41, 5.74) is 6.80. The summed E-state index contributed by atoms with van der Waals surface area (Å²) in [6, 6.07) is 0. The van der Waals surface area contributed by atoms with E-state index in [0.29, 0.717) is 26.3 Å². The summed E-state index contributed by atoms with van der Waals surface area (Å²) >= 11 is 0. The minimum Gasteiger partial charge on any atom is -0.377 e. The number of imidazole rings is 1. The summed E-state index contributed by atoms with van der Waals surface area (Å²) in [5, 5.41) is 0. The van der Waals surface area contributed by atoms with E-state index in [4.69, 9.17) is 15.2 Å². The molecule has 1 saturated heterocycles. The van der Waals surface area contributed by atoms with E-state index in [0.717, 1.165) is 30.2 Å². The summed E-state index contributed by atoms with van der Waals surface area (Å²) in [6.45, 7) is 7.16. The number of ether oxygens (including phenoxy) is 2. The van der Waals surface area contributed by atoms with Gasteiger partial charge in [-0.3, -0.25) is 9.69 Å². The van der Waals surface area contributed by atoms with E-state index in [1.807, 2.05) is 6.92 Å². The van der Waals surface area contributed by atoms with E-state index in [-0.39, 0.29) is 12.3 Å². The lowest BCUT2D eigenvalue weighted by atomic mass is 9.99. The van der Waals surface area contributed by atoms with Gasteiger partial charge in [0.05, 0.1) is 25.3 Å². The molecule has 0 spiro atoms. The summed E-state index contributed by atoms with van der Waals surface area (Å²) in [6.07, 6.45) is 1.04. The number of hydrogen-bond acceptors (Lipinski definition) is 5. The smallest absolute Gasteiger partial charge is 0.220 e. The molecule has 1 aliphatic rings. The minimum absolute atomic E-state index is 0.153. The van der Waals surface area contributed by atoms with Gasteiger partial charge in [-0.2, -0.15) is 0 Å². The van der Waals surface area contributed by atoms with Crippen molar-refractivity contribution >= 4 is 5.91 Å². The minimum atomic E-state index is -0.680. The molecular formula is C15H26N4O3. The zero-order valence-electron chi connectivity index (χ0n) is 13.6. The van der Waals surface area contributed by atoms with Crippen molar-refractivity contribution in [1.82, 2.24) is 14.9 Å². The lowest BCUT2D eigenvalue weighted by molar-refractivity contribution is -0.129. The standard InChI is InChI=1S/C15H26N4O3/c1-4-14-17-11(2)12(18-14)8-19-5-6-22-10-15(9-19,21-3)7-13(16)20/h4-10H2,1-3H3,(H2,16,20)(H,17,18)/t15-/m0/s1. The maximum absolute atomic E-state index is 11.4. The summed E-state index contributed by atoms with van der Waals surface area (Å²) in [5.74, 6) is 0.616. The van der Waals surface area contributed by atoms with Gasteiger partial charge in [0.1, 0.15) is 11.4 Å². The number of nitrogens with one attached hydrogen (secondary N) is 1. The number of carbonyl (C=O) groups is 1. The van der Waals surface area contributed by atoms with Gasteiger partial charge in [-0.1, -0.05) is 6.92 Å². The molecule has 7 nitrogen and oxygen atoms in total. The molecule has 0 saturated carbocycles. The Labute approximate surface area is 131 Å². The quantitative estimate of drug-likeness (QED) is 0.792. The number of primary amides is 1. The van der Waals surface area contributed by atoms with Gasteiger partial charge >= 0.3 is 0 Å². The number of carbonyl (C=O) groups excluding carboxylic acids is 1. The van der Waals surface area contributed by atoms with Gasteiger partial charge in [-0.25, -0.2) is 4.98 Å². The van der Waals surface area contributed by atoms with Crippen LogP contribution < -0.4 is 5.73 Å². The Kier molecular flexibility index (Phi) is 5.55. The van der Waals surface area contributed by atoms with Crippen molar-refractivity contribution in [1.29, 1.82) is 0 Å². The molecule has 0 bridgehead atoms. The zero-order chi connectivity index (χ0) is 16.2. The largest absolute Gasteiger partial charge is 0.377 e. The van der Waals surface area contributed by atoms with E-state index in [1.165, 1.54) is 0 Å². The molecule has 2 heterocycles. The van der Waals surface area contributed by atoms with E-state index >= 15 is 0 Å². The third kappa shape index (κ3) is 4.06. The van der Waals surface area contributed by atoms with E-state index < -0.39 is 5.60 Å². The van der Waals surface area contributed by atoms with Gasteiger partial charge in [-0.15, -0.1) is 0 Å². The van der Waals surface area contributed by atoms with E-state index in [2.05, 4.69) is 21.8 Å². The highest BCUT2D eigenvalue weighted by Crippen LogP contribution is 2.22. The number of nitrogens with zero attached hydrogens (tertiary/aromatic N) is 2. The number of H-pyrrole nitrogens is 1. The van der Waals surface area contributed by atoms with E-state index in [1.54, 1.807) is 7.11 Å². The van der Waals surface area contributed by atoms with Crippen molar-refractivity contribution in [2.45, 2.75) is 38.8 Å². The predicted molar refractivity (Wildman–Crippen MR) is 82.4 cm³/mol. The average molecular weight is 310 g/mol. The first-order chi connectivity index (χ1) is 10.5. The topological polar surface area (TPSA) is 93.5 Å². The molecule has 3 N–H and O–H groups in total. The summed E-state index contributed by atoms with van der Waals surface area (Å²) in [4.78, 5) is 21.5. The van der Waals surface area contributed by atoms with E-state index in [9.17, 15) is 4.79 Å². The molecule has 1 aliphatic heterocycles. The predicted octanol–water partition coefficient (Wildman–Crippen LogP) is 0.373. The van der Waals surface area contributed by atoms with Crippen LogP contribution >= 0.6 is 0 Å². The van der Waals surface area contributed by atoms with Crippen molar-refractivity contribution < 1.29 is 14.3 Å². The second kappa shape index (κ2) is 7.21. The van der Waals surface area contributed by atoms with Crippen molar-refractivity contribution in [3.8, 4) is 0 Å². The SMILES string of the molecule is CCc1nc(CN2CCOC[C@@](CC(N)=O)(OC)C2)c(C)[nH]1. The molecule has 0 aromatic carbocycles. The third-order valence-electron chi connectivity index (χ3n) is 4.10. The van der Waals surface area contributed by atoms with Crippen molar-refractivity contribution in [2.24, 2.45) is 5.73 Å². The Morgan fingerprint density at radius 1 is 1.59 bits per heavy atom. The first-order valence-electron chi connectivity index (χ1n) is 7.66. The Balaban J connectivity index is 2.12. The Hall–Kier alpha value is -1.44. The van der Waals surface area contributed by atoms with Gasteiger partial charge < -0.3 is 20.2 Å². The van der Waals surface area contributed by atoms with Gasteiger partial charge in [0.2, 0.25) is 5.91 Å². The fourth-order valence-corrected chi connectivity index (χ4v) is 2.84. The molecule has 22 heavy (non-hydrogen) atoms. The lowest BCUT2D eigenvalue weighted by Crippen LogP contribution is -2.48. The number of hydrogen-bond donors (Lipinski definition) is 2. The summed E-state index contributed by atoms with van der Waals surface area (Å²) in [7, 11) is 1.60. The maximum atomic E-state index is 11.4. The van der Waals surface area contributed by atoms with Crippen LogP contribution in [0.2, 0.25) is 0 Å². The number of aromatic amines is 1. The second-order valence-corrected chi connectivity index (χ2v) is 5.90. The second-order valence-electron chi connectivity index (χ2n) is 5.90. The number of amides is 1. The first kappa shape index (κ1) is 16.9. The van der Waals surface area contributed by atoms with Gasteiger partial charge in [0.15, 0.2) is 0 Å². The molecule has 0 unspecified atom stereocenters. The Bertz CT molecular complexity index is 517. The number of aryl methyl sites for hydroxylation is 2. The highest BCUT2D eigenvalue weighted by molar-refractivity contribution is 5.75. The molecule has 1 atom stereocenters. The number of aromatic nitrogens is 2. The Morgan fingerprint density at radius 3 is 2.95 bits per heavy atom. The monoisotopic (exact) mass is 310 g/mol. The van der Waals surface area contributed by atoms with Crippen LogP contribution in [-0.2, 0) is 27.2 Å². The van der Waals surface area contributed by atoms with Crippen LogP contribution in [0.5, 0.6) is 0 Å². The molecule has 1 fully saturated rings. The first-order valence-corrected chi connectivity index (χ1v) is 7.66. The van der Waals surface area contributed by atoms with Crippen LogP contribution in [0.15, 0.2) is 0 Å². The molecule has 1 aromatic heterocycles. The van der Waals surface area contributed by atoms with Gasteiger partial charge in [0, 0.05) is 38.9 Å². The van der Waals surface area contributed by atoms with Crippen LogP contribution in [0.4, 0.5) is 0 Å². The van der Waals surface area contributed by atoms with Crippen molar-refractivity contribution in [3.63, 3.8) is 0 Å². The lowest BCUT2D eigenvalue weighted by Gasteiger charge is -2.33. The highest BCUT2D eigenvalue weighted by atomic mass is 16.5. The van der Waals surface area contributed by atoms with Crippen LogP contribution in [0.3, 0.4) is 0 Å². The van der Waals surface area contributed by atoms with Crippen LogP contribution in [0.1, 0.15) is 30.6 Å². The molecule has 0 aliphatic carbocycles. The number of nitrogens with two attached hydrogens (primary N) is 1. The normalized spacial score (nSPS) is 23.4. The van der Waals surface area contributed by atoms with Crippen LogP contribution in [0, 0.1) is 6.92 Å². The molecule has 124 valence electrons. The van der Waals surface area contributed by atoms with Crippen LogP contribution in [0.25, 0.3) is 0 Å². The maximum Gasteiger partial charge on any atom is 0.220 e. The molecule has 2 rings (SSSR count). The molecule has 1 amide bonds. The van der Waals surface area contributed by atoms with Gasteiger partial charge in [-0.05, 0) is 6.92 Å². The fourth-order valence-electron chi connectivity index (χ4n) is 2.84. The van der Waals surface area contributed by atoms with Gasteiger partial charge in [0.25, 0.3) is 0 Å². The fraction of sp³-hybridized carbons (Fsp3) is 0.733. The number of methoxy groups -OCH3 is 1. The molecule has 7 heteroatoms. The molecular weight excluding hydrogens is 284 g/mol. The molecule has 0 radical (unpaired) electrons. The average Bonchev–Trinajstić information content (AvgIpc) is 2.70. The zero-order valence-corrected chi connectivity index (χ0v) is 13.6. The highest BCUT2D eigenvalue weighted by Gasteiger charge is 2.36. The third-order valence-corrected chi connectivity index (χ3v) is 4.10. The number of rotatable bonds is 6.